The number of rotatable bonds is 5. The Morgan fingerprint density at radius 2 is 1.69 bits per heavy atom. The van der Waals surface area contributed by atoms with Crippen molar-refractivity contribution in [3.8, 4) is 0 Å². The van der Waals surface area contributed by atoms with E-state index in [0.717, 1.165) is 12.0 Å². The molecular weight excluding hydrogens is 200 g/mol. The largest absolute Gasteiger partial charge is 0.378 e. The third kappa shape index (κ3) is 4.15. The van der Waals surface area contributed by atoms with Crippen LogP contribution in [0.1, 0.15) is 31.9 Å². The molecule has 2 nitrogen and oxygen atoms in total. The standard InChI is InChI=1S/C14H20O2/c1-11(15)9-12-5-7-13(8-6-12)10-14(2,3)16-4/h5-8H,9-10H2,1-4H3. The van der Waals surface area contributed by atoms with Gasteiger partial charge in [0.1, 0.15) is 5.78 Å². The van der Waals surface area contributed by atoms with Gasteiger partial charge in [-0.15, -0.1) is 0 Å². The monoisotopic (exact) mass is 220 g/mol. The van der Waals surface area contributed by atoms with Crippen LogP contribution in [-0.2, 0) is 22.4 Å². The van der Waals surface area contributed by atoms with E-state index in [1.54, 1.807) is 14.0 Å². The van der Waals surface area contributed by atoms with Gasteiger partial charge in [0, 0.05) is 20.0 Å². The zero-order chi connectivity index (χ0) is 12.2. The van der Waals surface area contributed by atoms with Crippen molar-refractivity contribution in [3.63, 3.8) is 0 Å². The van der Waals surface area contributed by atoms with Crippen molar-refractivity contribution in [2.24, 2.45) is 0 Å². The zero-order valence-electron chi connectivity index (χ0n) is 10.5. The summed E-state index contributed by atoms with van der Waals surface area (Å²) in [5.74, 6) is 0.199. The lowest BCUT2D eigenvalue weighted by Gasteiger charge is -2.22. The van der Waals surface area contributed by atoms with Crippen molar-refractivity contribution in [2.45, 2.75) is 39.2 Å². The second-order valence-electron chi connectivity index (χ2n) is 4.84. The minimum atomic E-state index is -0.137. The highest BCUT2D eigenvalue weighted by Crippen LogP contribution is 2.16. The minimum Gasteiger partial charge on any atom is -0.378 e. The average Bonchev–Trinajstić information content (AvgIpc) is 2.20. The van der Waals surface area contributed by atoms with Gasteiger partial charge in [0.05, 0.1) is 5.60 Å². The highest BCUT2D eigenvalue weighted by atomic mass is 16.5. The van der Waals surface area contributed by atoms with Gasteiger partial charge >= 0.3 is 0 Å². The SMILES string of the molecule is COC(C)(C)Cc1ccc(CC(C)=O)cc1. The quantitative estimate of drug-likeness (QED) is 0.762. The Bertz CT molecular complexity index is 350. The van der Waals surface area contributed by atoms with Crippen LogP contribution in [0.4, 0.5) is 0 Å². The summed E-state index contributed by atoms with van der Waals surface area (Å²) >= 11 is 0. The van der Waals surface area contributed by atoms with Gasteiger partial charge in [0.2, 0.25) is 0 Å². The summed E-state index contributed by atoms with van der Waals surface area (Å²) in [6.07, 6.45) is 1.40. The van der Waals surface area contributed by atoms with E-state index in [9.17, 15) is 4.79 Å². The number of hydrogen-bond acceptors (Lipinski definition) is 2. The van der Waals surface area contributed by atoms with Crippen LogP contribution in [0.15, 0.2) is 24.3 Å². The predicted octanol–water partition coefficient (Wildman–Crippen LogP) is 2.79. The Kier molecular flexibility index (Phi) is 4.25. The molecule has 2 heteroatoms. The molecule has 0 saturated carbocycles. The molecule has 0 aliphatic carbocycles. The van der Waals surface area contributed by atoms with Crippen molar-refractivity contribution in [3.05, 3.63) is 35.4 Å². The summed E-state index contributed by atoms with van der Waals surface area (Å²) in [5, 5.41) is 0. The van der Waals surface area contributed by atoms with Gasteiger partial charge in [0.25, 0.3) is 0 Å². The summed E-state index contributed by atoms with van der Waals surface area (Å²) < 4.78 is 5.38. The van der Waals surface area contributed by atoms with Crippen LogP contribution >= 0.6 is 0 Å². The first-order valence-corrected chi connectivity index (χ1v) is 5.55. The molecule has 0 aliphatic rings. The van der Waals surface area contributed by atoms with Crippen molar-refractivity contribution in [2.75, 3.05) is 7.11 Å². The topological polar surface area (TPSA) is 26.3 Å². The van der Waals surface area contributed by atoms with Gasteiger partial charge in [-0.3, -0.25) is 4.79 Å². The summed E-state index contributed by atoms with van der Waals surface area (Å²) in [4.78, 5) is 11.0. The fourth-order valence-electron chi connectivity index (χ4n) is 1.63. The van der Waals surface area contributed by atoms with Crippen LogP contribution in [0.3, 0.4) is 0 Å². The lowest BCUT2D eigenvalue weighted by molar-refractivity contribution is -0.116. The second-order valence-corrected chi connectivity index (χ2v) is 4.84. The normalized spacial score (nSPS) is 11.5. The molecule has 0 aromatic heterocycles. The molecule has 1 aromatic rings. The van der Waals surface area contributed by atoms with E-state index < -0.39 is 0 Å². The first-order valence-electron chi connectivity index (χ1n) is 5.55. The van der Waals surface area contributed by atoms with Gasteiger partial charge in [-0.2, -0.15) is 0 Å². The third-order valence-corrected chi connectivity index (χ3v) is 2.66. The zero-order valence-corrected chi connectivity index (χ0v) is 10.5. The maximum Gasteiger partial charge on any atom is 0.134 e. The van der Waals surface area contributed by atoms with E-state index in [-0.39, 0.29) is 11.4 Å². The van der Waals surface area contributed by atoms with Crippen LogP contribution in [0, 0.1) is 0 Å². The van der Waals surface area contributed by atoms with Crippen LogP contribution in [-0.4, -0.2) is 18.5 Å². The number of hydrogen-bond donors (Lipinski definition) is 0. The summed E-state index contributed by atoms with van der Waals surface area (Å²) in [6.45, 7) is 5.74. The molecule has 0 atom stereocenters. The molecule has 88 valence electrons. The fourth-order valence-corrected chi connectivity index (χ4v) is 1.63. The highest BCUT2D eigenvalue weighted by Gasteiger charge is 2.16. The molecule has 0 saturated heterocycles. The van der Waals surface area contributed by atoms with Crippen LogP contribution in [0.25, 0.3) is 0 Å². The lowest BCUT2D eigenvalue weighted by atomic mass is 9.97. The van der Waals surface area contributed by atoms with Gasteiger partial charge in [0.15, 0.2) is 0 Å². The molecule has 16 heavy (non-hydrogen) atoms. The molecule has 1 rings (SSSR count). The number of benzene rings is 1. The van der Waals surface area contributed by atoms with Gasteiger partial charge in [-0.05, 0) is 31.9 Å². The molecular formula is C14H20O2. The Balaban J connectivity index is 2.68. The van der Waals surface area contributed by atoms with Crippen molar-refractivity contribution in [1.29, 1.82) is 0 Å². The molecule has 0 aliphatic heterocycles. The predicted molar refractivity (Wildman–Crippen MR) is 65.6 cm³/mol. The van der Waals surface area contributed by atoms with E-state index in [2.05, 4.69) is 26.0 Å². The second kappa shape index (κ2) is 5.26. The average molecular weight is 220 g/mol. The van der Waals surface area contributed by atoms with Crippen LogP contribution in [0.5, 0.6) is 0 Å². The molecule has 0 bridgehead atoms. The fraction of sp³-hybridized carbons (Fsp3) is 0.500. The number of ketones is 1. The molecule has 0 spiro atoms. The molecule has 0 fully saturated rings. The summed E-state index contributed by atoms with van der Waals surface area (Å²) in [6, 6.07) is 8.17. The number of carbonyl (C=O) groups is 1. The molecule has 0 unspecified atom stereocenters. The lowest BCUT2D eigenvalue weighted by Crippen LogP contribution is -2.25. The molecule has 0 heterocycles. The Morgan fingerprint density at radius 1 is 1.19 bits per heavy atom. The molecule has 0 N–H and O–H groups in total. The summed E-state index contributed by atoms with van der Waals surface area (Å²) in [5.41, 5.74) is 2.17. The molecule has 0 amide bonds. The first-order chi connectivity index (χ1) is 7.43. The Labute approximate surface area is 97.6 Å². The van der Waals surface area contributed by atoms with Crippen molar-refractivity contribution in [1.82, 2.24) is 0 Å². The number of Topliss-reactive ketones (excluding diaryl/α,β-unsaturated/α-hetero) is 1. The van der Waals surface area contributed by atoms with E-state index in [0.29, 0.717) is 6.42 Å². The van der Waals surface area contributed by atoms with E-state index in [4.69, 9.17) is 4.74 Å². The highest BCUT2D eigenvalue weighted by molar-refractivity contribution is 5.78. The van der Waals surface area contributed by atoms with E-state index in [1.807, 2.05) is 12.1 Å². The number of carbonyl (C=O) groups excluding carboxylic acids is 1. The number of methoxy groups -OCH3 is 1. The van der Waals surface area contributed by atoms with Crippen LogP contribution in [0.2, 0.25) is 0 Å². The minimum absolute atomic E-state index is 0.137. The van der Waals surface area contributed by atoms with Gasteiger partial charge < -0.3 is 4.74 Å². The Hall–Kier alpha value is -1.15. The van der Waals surface area contributed by atoms with Crippen molar-refractivity contribution >= 4 is 5.78 Å². The summed E-state index contributed by atoms with van der Waals surface area (Å²) in [7, 11) is 1.73. The van der Waals surface area contributed by atoms with Gasteiger partial charge in [-0.25, -0.2) is 0 Å². The smallest absolute Gasteiger partial charge is 0.134 e. The molecule has 1 aromatic carbocycles. The Morgan fingerprint density at radius 3 is 2.12 bits per heavy atom. The van der Waals surface area contributed by atoms with Crippen LogP contribution < -0.4 is 0 Å². The van der Waals surface area contributed by atoms with Gasteiger partial charge in [-0.1, -0.05) is 24.3 Å². The van der Waals surface area contributed by atoms with E-state index >= 15 is 0 Å². The number of ether oxygens (including phenoxy) is 1. The maximum atomic E-state index is 11.0. The first kappa shape index (κ1) is 12.9. The van der Waals surface area contributed by atoms with Crippen molar-refractivity contribution < 1.29 is 9.53 Å². The third-order valence-electron chi connectivity index (χ3n) is 2.66. The maximum absolute atomic E-state index is 11.0. The van der Waals surface area contributed by atoms with E-state index in [1.165, 1.54) is 5.56 Å². The molecule has 0 radical (unpaired) electrons.